The molecule has 1 aromatic rings. The fourth-order valence-electron chi connectivity index (χ4n) is 7.37. The summed E-state index contributed by atoms with van der Waals surface area (Å²) in [5.74, 6) is -9.01. The minimum absolute atomic E-state index is 0.00538. The molecule has 2 rings (SSSR count). The van der Waals surface area contributed by atoms with Crippen molar-refractivity contribution in [2.75, 3.05) is 19.7 Å². The molecule has 0 unspecified atom stereocenters. The number of nitrogens with zero attached hydrogens (tertiary/aromatic N) is 2. The lowest BCUT2D eigenvalue weighted by Crippen LogP contribution is -2.61. The second-order valence-electron chi connectivity index (χ2n) is 17.9. The SMILES string of the molecule is CC(C)C[C@H](NC(=O)[C@@H](NC(=O)[C@H](CC(N)=O)NC(=O)[C@H](CC(C)C)NC(=O)[C@@H](N)Cc1ccccc1)C(C)C)C(=O)N[C@@H](CO)C(=O)N1CCC[C@H]1C(=O)N[C@@H](CCCN=C(N)N)C(=O)O. The van der Waals surface area contributed by atoms with Crippen LogP contribution in [0, 0.1) is 17.8 Å². The Hall–Kier alpha value is -6.36. The van der Waals surface area contributed by atoms with Crippen molar-refractivity contribution in [2.45, 2.75) is 141 Å². The number of aliphatic carboxylic acids is 1. The van der Waals surface area contributed by atoms with Crippen LogP contribution >= 0.6 is 0 Å². The van der Waals surface area contributed by atoms with Gasteiger partial charge in [0, 0.05) is 13.1 Å². The van der Waals surface area contributed by atoms with Gasteiger partial charge in [0.05, 0.1) is 19.1 Å². The molecule has 1 heterocycles. The third kappa shape index (κ3) is 19.6. The van der Waals surface area contributed by atoms with Crippen LogP contribution < -0.4 is 54.8 Å². The van der Waals surface area contributed by atoms with E-state index in [4.69, 9.17) is 22.9 Å². The van der Waals surface area contributed by atoms with Crippen molar-refractivity contribution in [3.05, 3.63) is 35.9 Å². The molecular formula is C44H72N12O11. The van der Waals surface area contributed by atoms with Gasteiger partial charge >= 0.3 is 5.97 Å². The lowest BCUT2D eigenvalue weighted by atomic mass is 9.99. The first-order valence-electron chi connectivity index (χ1n) is 22.5. The standard InChI is InChI=1S/C44H72N12O11/c1-23(2)18-29(51-36(59)27(45)20-26-12-8-7-9-13-26)37(60)52-31(21-34(46)58)39(62)55-35(25(5)6)41(64)53-30(19-24(3)4)38(61)54-32(22-57)42(65)56-17-11-15-33(56)40(63)50-28(43(66)67)14-10-16-49-44(47)48/h7-9,12-13,23-25,27-33,35,57H,10-11,14-22,45H2,1-6H3,(H2,46,58)(H,50,63)(H,51,59)(H,52,60)(H,53,64)(H,54,61)(H,55,62)(H,66,67)(H4,47,48,49)/t27-,28-,29-,30-,31-,32-,33-,35-/m0/s1. The number of carbonyl (C=O) groups excluding carboxylic acids is 8. The highest BCUT2D eigenvalue weighted by Gasteiger charge is 2.40. The molecule has 16 N–H and O–H groups in total. The highest BCUT2D eigenvalue weighted by molar-refractivity contribution is 5.99. The molecule has 8 amide bonds. The van der Waals surface area contributed by atoms with Crippen molar-refractivity contribution in [3.63, 3.8) is 0 Å². The van der Waals surface area contributed by atoms with E-state index in [0.717, 1.165) is 10.5 Å². The van der Waals surface area contributed by atoms with Crippen LogP contribution in [0.3, 0.4) is 0 Å². The summed E-state index contributed by atoms with van der Waals surface area (Å²) in [4.78, 5) is 124. The molecule has 23 heteroatoms. The lowest BCUT2D eigenvalue weighted by Gasteiger charge is -2.31. The zero-order chi connectivity index (χ0) is 50.5. The number of aliphatic imine (C=N–C) groups is 1. The molecule has 23 nitrogen and oxygen atoms in total. The number of carboxylic acid groups (broad SMARTS) is 1. The Kier molecular flexibility index (Phi) is 23.7. The minimum atomic E-state index is -1.59. The Labute approximate surface area is 391 Å². The van der Waals surface area contributed by atoms with Crippen LogP contribution in [0.1, 0.15) is 92.1 Å². The normalized spacial score (nSPS) is 16.6. The fourth-order valence-corrected chi connectivity index (χ4v) is 7.37. The number of guanidine groups is 1. The molecule has 1 aromatic carbocycles. The molecule has 67 heavy (non-hydrogen) atoms. The number of aliphatic hydroxyl groups excluding tert-OH is 1. The monoisotopic (exact) mass is 945 g/mol. The van der Waals surface area contributed by atoms with Gasteiger partial charge in [0.2, 0.25) is 47.3 Å². The van der Waals surface area contributed by atoms with Crippen LogP contribution in [0.15, 0.2) is 35.3 Å². The zero-order valence-corrected chi connectivity index (χ0v) is 39.3. The smallest absolute Gasteiger partial charge is 0.326 e. The van der Waals surface area contributed by atoms with Gasteiger partial charge in [-0.15, -0.1) is 0 Å². The van der Waals surface area contributed by atoms with E-state index in [2.05, 4.69) is 36.9 Å². The van der Waals surface area contributed by atoms with Crippen LogP contribution in [-0.2, 0) is 49.6 Å². The maximum Gasteiger partial charge on any atom is 0.326 e. The Balaban J connectivity index is 2.22. The van der Waals surface area contributed by atoms with Gasteiger partial charge in [-0.3, -0.25) is 43.3 Å². The maximum atomic E-state index is 13.9. The van der Waals surface area contributed by atoms with E-state index in [1.165, 1.54) is 0 Å². The number of carbonyl (C=O) groups is 9. The summed E-state index contributed by atoms with van der Waals surface area (Å²) in [5.41, 5.74) is 23.1. The number of hydrogen-bond donors (Lipinski definition) is 12. The second-order valence-corrected chi connectivity index (χ2v) is 17.9. The molecule has 8 atom stereocenters. The molecule has 1 aliphatic rings. The molecule has 0 aromatic heterocycles. The first-order chi connectivity index (χ1) is 31.4. The summed E-state index contributed by atoms with van der Waals surface area (Å²) in [7, 11) is 0. The number of carboxylic acids is 1. The zero-order valence-electron chi connectivity index (χ0n) is 39.3. The van der Waals surface area contributed by atoms with Crippen molar-refractivity contribution in [3.8, 4) is 0 Å². The minimum Gasteiger partial charge on any atom is -0.480 e. The fraction of sp³-hybridized carbons (Fsp3) is 0.636. The van der Waals surface area contributed by atoms with Gasteiger partial charge in [-0.2, -0.15) is 0 Å². The number of likely N-dealkylation sites (tertiary alicyclic amines) is 1. The summed E-state index contributed by atoms with van der Waals surface area (Å²) in [5, 5.41) is 35.2. The van der Waals surface area contributed by atoms with E-state index in [1.54, 1.807) is 52.0 Å². The summed E-state index contributed by atoms with van der Waals surface area (Å²) >= 11 is 0. The molecule has 1 fully saturated rings. The molecule has 374 valence electrons. The third-order valence-corrected chi connectivity index (χ3v) is 10.8. The van der Waals surface area contributed by atoms with Gasteiger partial charge in [0.15, 0.2) is 5.96 Å². The van der Waals surface area contributed by atoms with Crippen LogP contribution in [-0.4, -0.2) is 142 Å². The first kappa shape index (κ1) is 56.8. The van der Waals surface area contributed by atoms with Crippen molar-refractivity contribution in [1.29, 1.82) is 0 Å². The van der Waals surface area contributed by atoms with Gasteiger partial charge in [-0.25, -0.2) is 4.79 Å². The quantitative estimate of drug-likeness (QED) is 0.0230. The molecular weight excluding hydrogens is 873 g/mol. The Morgan fingerprint density at radius 2 is 1.25 bits per heavy atom. The van der Waals surface area contributed by atoms with Crippen molar-refractivity contribution < 1.29 is 53.4 Å². The highest BCUT2D eigenvalue weighted by Crippen LogP contribution is 2.20. The summed E-state index contributed by atoms with van der Waals surface area (Å²) in [6.07, 6.45) is 0.484. The van der Waals surface area contributed by atoms with Crippen LogP contribution in [0.2, 0.25) is 0 Å². The Morgan fingerprint density at radius 1 is 0.716 bits per heavy atom. The lowest BCUT2D eigenvalue weighted by molar-refractivity contribution is -0.145. The average Bonchev–Trinajstić information content (AvgIpc) is 3.74. The molecule has 0 saturated carbocycles. The Bertz CT molecular complexity index is 1890. The molecule has 1 saturated heterocycles. The van der Waals surface area contributed by atoms with Gasteiger partial charge in [-0.1, -0.05) is 71.9 Å². The third-order valence-electron chi connectivity index (χ3n) is 10.8. The molecule has 1 aliphatic heterocycles. The van der Waals surface area contributed by atoms with Gasteiger partial charge in [-0.05, 0) is 68.3 Å². The predicted octanol–water partition coefficient (Wildman–Crippen LogP) is -2.79. The summed E-state index contributed by atoms with van der Waals surface area (Å²) in [6, 6.07) is -1.36. The van der Waals surface area contributed by atoms with Gasteiger partial charge in [0.25, 0.3) is 0 Å². The highest BCUT2D eigenvalue weighted by atomic mass is 16.4. The molecule has 0 aliphatic carbocycles. The van der Waals surface area contributed by atoms with Crippen molar-refractivity contribution in [1.82, 2.24) is 36.8 Å². The van der Waals surface area contributed by atoms with E-state index in [-0.39, 0.29) is 69.4 Å². The predicted molar refractivity (Wildman–Crippen MR) is 247 cm³/mol. The maximum absolute atomic E-state index is 13.9. The summed E-state index contributed by atoms with van der Waals surface area (Å²) < 4.78 is 0. The number of benzene rings is 1. The van der Waals surface area contributed by atoms with E-state index >= 15 is 0 Å². The first-order valence-corrected chi connectivity index (χ1v) is 22.5. The number of hydrogen-bond acceptors (Lipinski definition) is 12. The van der Waals surface area contributed by atoms with Crippen LogP contribution in [0.4, 0.5) is 0 Å². The topological polar surface area (TPSA) is 386 Å². The number of primary amides is 1. The van der Waals surface area contributed by atoms with E-state index in [1.807, 2.05) is 19.9 Å². The number of nitrogens with one attached hydrogen (secondary N) is 6. The van der Waals surface area contributed by atoms with E-state index in [9.17, 15) is 53.4 Å². The van der Waals surface area contributed by atoms with Crippen LogP contribution in [0.5, 0.6) is 0 Å². The van der Waals surface area contributed by atoms with E-state index in [0.29, 0.717) is 6.42 Å². The van der Waals surface area contributed by atoms with E-state index < -0.39 is 121 Å². The largest absolute Gasteiger partial charge is 0.480 e. The number of nitrogens with two attached hydrogens (primary N) is 4. The van der Waals surface area contributed by atoms with Gasteiger partial charge < -0.3 is 69.9 Å². The molecule has 0 bridgehead atoms. The number of rotatable bonds is 28. The second kappa shape index (κ2) is 28.0. The summed E-state index contributed by atoms with van der Waals surface area (Å²) in [6.45, 7) is 9.69. The number of amides is 8. The van der Waals surface area contributed by atoms with Crippen LogP contribution in [0.25, 0.3) is 0 Å². The van der Waals surface area contributed by atoms with Crippen molar-refractivity contribution >= 4 is 59.2 Å². The Morgan fingerprint density at radius 3 is 1.76 bits per heavy atom. The van der Waals surface area contributed by atoms with Crippen molar-refractivity contribution in [2.24, 2.45) is 45.7 Å². The average molecular weight is 945 g/mol. The molecule has 0 spiro atoms. The number of aliphatic hydroxyl groups is 1. The molecule has 0 radical (unpaired) electrons. The van der Waals surface area contributed by atoms with Gasteiger partial charge in [0.1, 0.15) is 42.3 Å².